The van der Waals surface area contributed by atoms with E-state index >= 15 is 0 Å². The normalized spacial score (nSPS) is 26.0. The molecule has 1 aliphatic heterocycles. The molecule has 1 aliphatic rings. The molecule has 0 aromatic rings. The van der Waals surface area contributed by atoms with Gasteiger partial charge in [0.15, 0.2) is 6.29 Å². The smallest absolute Gasteiger partial charge is 0.302 e. The van der Waals surface area contributed by atoms with Crippen LogP contribution in [0.25, 0.3) is 10.4 Å². The zero-order chi connectivity index (χ0) is 18.5. The quantitative estimate of drug-likeness (QED) is 0.158. The third-order valence-corrected chi connectivity index (χ3v) is 3.34. The summed E-state index contributed by atoms with van der Waals surface area (Å²) in [6, 6.07) is -0.683. The van der Waals surface area contributed by atoms with Crippen LogP contribution in [0.15, 0.2) is 5.11 Å². The monoisotopic (exact) mass is 362 g/mol. The minimum absolute atomic E-state index is 0.0443. The Morgan fingerprint density at radius 1 is 1.32 bits per heavy atom. The van der Waals surface area contributed by atoms with E-state index in [9.17, 15) is 9.90 Å². The zero-order valence-electron chi connectivity index (χ0n) is 14.3. The lowest BCUT2D eigenvalue weighted by atomic mass is 10.0. The van der Waals surface area contributed by atoms with Crippen LogP contribution in [0.5, 0.6) is 0 Å². The molecule has 3 N–H and O–H groups in total. The largest absolute Gasteiger partial charge is 0.463 e. The standard InChI is InChI=1S/C14H26N4O7/c1-10(19)24-9-11-8-12(20)13(15)14(25-11)23-7-6-22-5-4-21-3-2-17-18-16/h11-14,20H,2-9,15H2,1H3. The minimum atomic E-state index is -0.801. The highest BCUT2D eigenvalue weighted by atomic mass is 16.7. The summed E-state index contributed by atoms with van der Waals surface area (Å²) in [5.74, 6) is -0.416. The van der Waals surface area contributed by atoms with Gasteiger partial charge in [0.1, 0.15) is 6.61 Å². The molecule has 4 unspecified atom stereocenters. The third-order valence-electron chi connectivity index (χ3n) is 3.34. The van der Waals surface area contributed by atoms with E-state index in [1.165, 1.54) is 6.92 Å². The van der Waals surface area contributed by atoms with Crippen molar-refractivity contribution in [2.75, 3.05) is 46.2 Å². The van der Waals surface area contributed by atoms with E-state index < -0.39 is 30.5 Å². The van der Waals surface area contributed by atoms with E-state index in [1.807, 2.05) is 0 Å². The number of ether oxygens (including phenoxy) is 5. The lowest BCUT2D eigenvalue weighted by Gasteiger charge is -2.37. The Morgan fingerprint density at radius 3 is 2.68 bits per heavy atom. The fraction of sp³-hybridized carbons (Fsp3) is 0.929. The maximum Gasteiger partial charge on any atom is 0.302 e. The third kappa shape index (κ3) is 9.56. The molecule has 0 saturated carbocycles. The molecule has 0 spiro atoms. The summed E-state index contributed by atoms with van der Waals surface area (Å²) in [5, 5.41) is 13.3. The molecule has 0 radical (unpaired) electrons. The van der Waals surface area contributed by atoms with Gasteiger partial charge in [0, 0.05) is 24.8 Å². The predicted octanol–water partition coefficient (Wildman–Crippen LogP) is -0.287. The number of hydrogen-bond acceptors (Lipinski definition) is 9. The molecule has 4 atom stereocenters. The molecule has 11 heteroatoms. The number of aliphatic hydroxyl groups is 1. The van der Waals surface area contributed by atoms with Crippen LogP contribution in [0, 0.1) is 0 Å². The van der Waals surface area contributed by atoms with Crippen LogP contribution in [0.3, 0.4) is 0 Å². The molecule has 144 valence electrons. The molecule has 1 heterocycles. The van der Waals surface area contributed by atoms with Crippen molar-refractivity contribution in [3.8, 4) is 0 Å². The number of esters is 1. The van der Waals surface area contributed by atoms with E-state index in [2.05, 4.69) is 10.0 Å². The van der Waals surface area contributed by atoms with Gasteiger partial charge in [-0.3, -0.25) is 4.79 Å². The van der Waals surface area contributed by atoms with Gasteiger partial charge in [-0.15, -0.1) is 0 Å². The number of aliphatic hydroxyl groups excluding tert-OH is 1. The maximum atomic E-state index is 10.8. The van der Waals surface area contributed by atoms with Crippen LogP contribution >= 0.6 is 0 Å². The van der Waals surface area contributed by atoms with Crippen molar-refractivity contribution in [1.82, 2.24) is 0 Å². The number of nitrogens with zero attached hydrogens (tertiary/aromatic N) is 3. The van der Waals surface area contributed by atoms with Gasteiger partial charge in [-0.25, -0.2) is 0 Å². The minimum Gasteiger partial charge on any atom is -0.463 e. The van der Waals surface area contributed by atoms with Crippen LogP contribution in [0.1, 0.15) is 13.3 Å². The molecule has 0 aromatic heterocycles. The second kappa shape index (κ2) is 12.8. The topological polar surface area (TPSA) is 158 Å². The van der Waals surface area contributed by atoms with Gasteiger partial charge >= 0.3 is 5.97 Å². The van der Waals surface area contributed by atoms with Gasteiger partial charge in [0.2, 0.25) is 0 Å². The van der Waals surface area contributed by atoms with E-state index in [0.717, 1.165) is 0 Å². The van der Waals surface area contributed by atoms with Crippen molar-refractivity contribution < 1.29 is 33.6 Å². The van der Waals surface area contributed by atoms with Gasteiger partial charge in [-0.2, -0.15) is 0 Å². The van der Waals surface area contributed by atoms with Crippen LogP contribution in [-0.2, 0) is 28.5 Å². The molecule has 0 aliphatic carbocycles. The first-order valence-corrected chi connectivity index (χ1v) is 8.05. The second-order valence-corrected chi connectivity index (χ2v) is 5.36. The summed E-state index contributed by atoms with van der Waals surface area (Å²) >= 11 is 0. The van der Waals surface area contributed by atoms with Crippen LogP contribution < -0.4 is 5.73 Å². The van der Waals surface area contributed by atoms with E-state index in [-0.39, 0.29) is 26.2 Å². The van der Waals surface area contributed by atoms with Crippen LogP contribution in [0.2, 0.25) is 0 Å². The molecule has 0 amide bonds. The summed E-state index contributed by atoms with van der Waals surface area (Å²) in [6.07, 6.45) is -1.79. The maximum absolute atomic E-state index is 10.8. The summed E-state index contributed by atoms with van der Waals surface area (Å²) in [5.41, 5.74) is 13.9. The molecular weight excluding hydrogens is 336 g/mol. The summed E-state index contributed by atoms with van der Waals surface area (Å²) < 4.78 is 26.5. The fourth-order valence-corrected chi connectivity index (χ4v) is 2.11. The summed E-state index contributed by atoms with van der Waals surface area (Å²) in [4.78, 5) is 13.4. The number of hydrogen-bond donors (Lipinski definition) is 2. The second-order valence-electron chi connectivity index (χ2n) is 5.36. The van der Waals surface area contributed by atoms with E-state index in [1.54, 1.807) is 0 Å². The molecule has 0 bridgehead atoms. The van der Waals surface area contributed by atoms with Crippen molar-refractivity contribution in [2.24, 2.45) is 10.8 Å². The van der Waals surface area contributed by atoms with Gasteiger partial charge in [-0.05, 0) is 5.53 Å². The van der Waals surface area contributed by atoms with Gasteiger partial charge < -0.3 is 34.5 Å². The van der Waals surface area contributed by atoms with Gasteiger partial charge in [-0.1, -0.05) is 5.11 Å². The summed E-state index contributed by atoms with van der Waals surface area (Å²) in [7, 11) is 0. The highest BCUT2D eigenvalue weighted by Crippen LogP contribution is 2.20. The van der Waals surface area contributed by atoms with Crippen molar-refractivity contribution in [3.63, 3.8) is 0 Å². The first kappa shape index (κ1) is 21.6. The molecule has 1 fully saturated rings. The van der Waals surface area contributed by atoms with Crippen molar-refractivity contribution in [3.05, 3.63) is 10.4 Å². The molecule has 11 nitrogen and oxygen atoms in total. The lowest BCUT2D eigenvalue weighted by molar-refractivity contribution is -0.236. The highest BCUT2D eigenvalue weighted by Gasteiger charge is 2.36. The number of carbonyl (C=O) groups is 1. The first-order valence-electron chi connectivity index (χ1n) is 8.05. The Bertz CT molecular complexity index is 433. The van der Waals surface area contributed by atoms with Gasteiger partial charge in [0.25, 0.3) is 0 Å². The molecule has 0 aromatic carbocycles. The Morgan fingerprint density at radius 2 is 2.00 bits per heavy atom. The van der Waals surface area contributed by atoms with Crippen LogP contribution in [0.4, 0.5) is 0 Å². The average Bonchev–Trinajstić information content (AvgIpc) is 2.58. The summed E-state index contributed by atoms with van der Waals surface area (Å²) in [6.45, 7) is 3.25. The number of nitrogens with two attached hydrogens (primary N) is 1. The number of carbonyl (C=O) groups excluding carboxylic acids is 1. The Kier molecular flexibility index (Phi) is 11.1. The first-order chi connectivity index (χ1) is 12.0. The van der Waals surface area contributed by atoms with Gasteiger partial charge in [0.05, 0.1) is 51.3 Å². The highest BCUT2D eigenvalue weighted by molar-refractivity contribution is 5.65. The fourth-order valence-electron chi connectivity index (χ4n) is 2.11. The Labute approximate surface area is 145 Å². The molecule has 25 heavy (non-hydrogen) atoms. The van der Waals surface area contributed by atoms with E-state index in [4.69, 9.17) is 34.9 Å². The zero-order valence-corrected chi connectivity index (χ0v) is 14.3. The van der Waals surface area contributed by atoms with Crippen LogP contribution in [-0.4, -0.2) is 81.8 Å². The van der Waals surface area contributed by atoms with Crippen molar-refractivity contribution in [2.45, 2.75) is 37.9 Å². The SMILES string of the molecule is CC(=O)OCC1CC(O)C(N)C(OCCOCCOCCN=[N+]=[N-])O1. The number of azide groups is 1. The molecule has 1 saturated heterocycles. The van der Waals surface area contributed by atoms with Crippen molar-refractivity contribution >= 4 is 5.97 Å². The van der Waals surface area contributed by atoms with Crippen molar-refractivity contribution in [1.29, 1.82) is 0 Å². The molecular formula is C14H26N4O7. The van der Waals surface area contributed by atoms with E-state index in [0.29, 0.717) is 26.4 Å². The molecule has 1 rings (SSSR count). The number of rotatable bonds is 12. The predicted molar refractivity (Wildman–Crippen MR) is 85.5 cm³/mol. The average molecular weight is 362 g/mol. The Hall–Kier alpha value is -1.46. The Balaban J connectivity index is 2.13. The lowest BCUT2D eigenvalue weighted by Crippen LogP contribution is -2.55.